The molecule has 19 heavy (non-hydrogen) atoms. The Hall–Kier alpha value is -1.35. The van der Waals surface area contributed by atoms with Gasteiger partial charge in [0.05, 0.1) is 0 Å². The molecule has 1 aromatic rings. The highest BCUT2D eigenvalue weighted by molar-refractivity contribution is 5.95. The predicted molar refractivity (Wildman–Crippen MR) is 80.0 cm³/mol. The molecule has 1 heterocycles. The lowest BCUT2D eigenvalue weighted by molar-refractivity contribution is 0.101. The zero-order valence-corrected chi connectivity index (χ0v) is 12.6. The maximum atomic E-state index is 11.5. The maximum Gasteiger partial charge on any atom is 0.159 e. The van der Waals surface area contributed by atoms with E-state index < -0.39 is 0 Å². The summed E-state index contributed by atoms with van der Waals surface area (Å²) < 4.78 is 0. The third-order valence-corrected chi connectivity index (χ3v) is 3.85. The zero-order chi connectivity index (χ0) is 14.3. The van der Waals surface area contributed by atoms with Crippen LogP contribution in [0.4, 0.5) is 5.69 Å². The fourth-order valence-electron chi connectivity index (χ4n) is 2.55. The molecule has 0 atom stereocenters. The predicted octanol–water partition coefficient (Wildman–Crippen LogP) is 2.86. The van der Waals surface area contributed by atoms with Crippen molar-refractivity contribution in [2.24, 2.45) is 0 Å². The molecule has 3 nitrogen and oxygen atoms in total. The van der Waals surface area contributed by atoms with Crippen LogP contribution in [-0.2, 0) is 0 Å². The Morgan fingerprint density at radius 1 is 1.26 bits per heavy atom. The third-order valence-electron chi connectivity index (χ3n) is 3.85. The first-order chi connectivity index (χ1) is 8.71. The van der Waals surface area contributed by atoms with E-state index in [2.05, 4.69) is 44.0 Å². The minimum absolute atomic E-state index is 0.0466. The number of ketones is 1. The topological polar surface area (TPSA) is 32.3 Å². The summed E-state index contributed by atoms with van der Waals surface area (Å²) in [6.45, 7) is 12.4. The Labute approximate surface area is 116 Å². The highest BCUT2D eigenvalue weighted by Crippen LogP contribution is 2.30. The summed E-state index contributed by atoms with van der Waals surface area (Å²) in [4.78, 5) is 13.9. The average molecular weight is 260 g/mol. The van der Waals surface area contributed by atoms with Crippen LogP contribution in [0.25, 0.3) is 0 Å². The molecule has 1 fully saturated rings. The van der Waals surface area contributed by atoms with Gasteiger partial charge in [0.1, 0.15) is 0 Å². The highest BCUT2D eigenvalue weighted by Gasteiger charge is 2.37. The molecule has 0 saturated carbocycles. The standard InChI is InChI=1S/C16H24N2O/c1-12(19)13-7-6-8-14(9-13)18-11-15(2,3)17-10-16(18,4)5/h6-9,17H,10-11H2,1-5H3. The van der Waals surface area contributed by atoms with Crippen molar-refractivity contribution in [3.05, 3.63) is 29.8 Å². The van der Waals surface area contributed by atoms with Gasteiger partial charge in [-0.1, -0.05) is 12.1 Å². The average Bonchev–Trinajstić information content (AvgIpc) is 2.33. The summed E-state index contributed by atoms with van der Waals surface area (Å²) in [5.41, 5.74) is 2.05. The fourth-order valence-corrected chi connectivity index (χ4v) is 2.55. The van der Waals surface area contributed by atoms with E-state index in [1.807, 2.05) is 18.2 Å². The molecule has 0 aliphatic carbocycles. The lowest BCUT2D eigenvalue weighted by Crippen LogP contribution is -2.66. The minimum atomic E-state index is 0.0466. The van der Waals surface area contributed by atoms with Crippen LogP contribution in [0.1, 0.15) is 45.0 Å². The smallest absolute Gasteiger partial charge is 0.159 e. The lowest BCUT2D eigenvalue weighted by atomic mass is 9.90. The first kappa shape index (κ1) is 14.1. The van der Waals surface area contributed by atoms with Crippen LogP contribution in [0.5, 0.6) is 0 Å². The number of nitrogens with one attached hydrogen (secondary N) is 1. The molecule has 0 unspecified atom stereocenters. The number of nitrogens with zero attached hydrogens (tertiary/aromatic N) is 1. The van der Waals surface area contributed by atoms with E-state index in [9.17, 15) is 4.79 Å². The molecule has 1 aromatic carbocycles. The monoisotopic (exact) mass is 260 g/mol. The van der Waals surface area contributed by atoms with Gasteiger partial charge in [0.25, 0.3) is 0 Å². The molecular weight excluding hydrogens is 236 g/mol. The number of hydrogen-bond acceptors (Lipinski definition) is 3. The van der Waals surface area contributed by atoms with E-state index in [0.717, 1.165) is 24.3 Å². The molecule has 1 aliphatic heterocycles. The number of anilines is 1. The van der Waals surface area contributed by atoms with Crippen molar-refractivity contribution in [1.82, 2.24) is 5.32 Å². The van der Waals surface area contributed by atoms with Crippen LogP contribution in [0, 0.1) is 0 Å². The van der Waals surface area contributed by atoms with Gasteiger partial charge in [-0.15, -0.1) is 0 Å². The molecule has 2 rings (SSSR count). The summed E-state index contributed by atoms with van der Waals surface area (Å²) in [7, 11) is 0. The first-order valence-electron chi connectivity index (χ1n) is 6.85. The second-order valence-electron chi connectivity index (χ2n) is 6.74. The summed E-state index contributed by atoms with van der Waals surface area (Å²) in [5, 5.41) is 3.58. The van der Waals surface area contributed by atoms with Crippen molar-refractivity contribution in [1.29, 1.82) is 0 Å². The summed E-state index contributed by atoms with van der Waals surface area (Å²) >= 11 is 0. The third kappa shape index (κ3) is 2.98. The molecule has 0 radical (unpaired) electrons. The molecule has 1 saturated heterocycles. The van der Waals surface area contributed by atoms with Gasteiger partial charge in [-0.2, -0.15) is 0 Å². The van der Waals surface area contributed by atoms with Crippen molar-refractivity contribution in [3.63, 3.8) is 0 Å². The number of rotatable bonds is 2. The van der Waals surface area contributed by atoms with Crippen LogP contribution in [0.3, 0.4) is 0 Å². The van der Waals surface area contributed by atoms with E-state index >= 15 is 0 Å². The van der Waals surface area contributed by atoms with Gasteiger partial charge in [-0.3, -0.25) is 4.79 Å². The fraction of sp³-hybridized carbons (Fsp3) is 0.562. The number of carbonyl (C=O) groups is 1. The van der Waals surface area contributed by atoms with Crippen LogP contribution in [0.15, 0.2) is 24.3 Å². The number of piperazine rings is 1. The largest absolute Gasteiger partial charge is 0.363 e. The van der Waals surface area contributed by atoms with Gasteiger partial charge in [0.15, 0.2) is 5.78 Å². The molecule has 1 N–H and O–H groups in total. The normalized spacial score (nSPS) is 21.2. The molecule has 0 bridgehead atoms. The van der Waals surface area contributed by atoms with Crippen LogP contribution >= 0.6 is 0 Å². The van der Waals surface area contributed by atoms with E-state index in [1.165, 1.54) is 0 Å². The quantitative estimate of drug-likeness (QED) is 0.830. The SMILES string of the molecule is CC(=O)c1cccc(N2CC(C)(C)NCC2(C)C)c1. The van der Waals surface area contributed by atoms with Gasteiger partial charge in [-0.05, 0) is 46.8 Å². The first-order valence-corrected chi connectivity index (χ1v) is 6.85. The Morgan fingerprint density at radius 2 is 1.95 bits per heavy atom. The lowest BCUT2D eigenvalue weighted by Gasteiger charge is -2.51. The van der Waals surface area contributed by atoms with E-state index in [0.29, 0.717) is 0 Å². The number of hydrogen-bond donors (Lipinski definition) is 1. The van der Waals surface area contributed by atoms with Crippen molar-refractivity contribution < 1.29 is 4.79 Å². The van der Waals surface area contributed by atoms with Crippen molar-refractivity contribution in [2.45, 2.75) is 45.7 Å². The van der Waals surface area contributed by atoms with Gasteiger partial charge >= 0.3 is 0 Å². The molecule has 3 heteroatoms. The highest BCUT2D eigenvalue weighted by atomic mass is 16.1. The Kier molecular flexibility index (Phi) is 3.43. The Morgan fingerprint density at radius 3 is 2.58 bits per heavy atom. The number of benzene rings is 1. The minimum Gasteiger partial charge on any atom is -0.363 e. The molecule has 0 spiro atoms. The van der Waals surface area contributed by atoms with Crippen LogP contribution in [-0.4, -0.2) is 30.0 Å². The number of Topliss-reactive ketones (excluding diaryl/α,β-unsaturated/α-hetero) is 1. The van der Waals surface area contributed by atoms with E-state index in [4.69, 9.17) is 0 Å². The summed E-state index contributed by atoms with van der Waals surface area (Å²) in [5.74, 6) is 0.119. The van der Waals surface area contributed by atoms with E-state index in [1.54, 1.807) is 6.92 Å². The maximum absolute atomic E-state index is 11.5. The molecule has 0 aromatic heterocycles. The van der Waals surface area contributed by atoms with Gasteiger partial charge in [0, 0.05) is 35.4 Å². The second-order valence-corrected chi connectivity index (χ2v) is 6.74. The summed E-state index contributed by atoms with van der Waals surface area (Å²) in [6.07, 6.45) is 0. The Bertz CT molecular complexity index is 491. The van der Waals surface area contributed by atoms with Crippen molar-refractivity contribution >= 4 is 11.5 Å². The van der Waals surface area contributed by atoms with Gasteiger partial charge in [0.2, 0.25) is 0 Å². The van der Waals surface area contributed by atoms with Crippen LogP contribution in [0.2, 0.25) is 0 Å². The molecule has 104 valence electrons. The van der Waals surface area contributed by atoms with Crippen molar-refractivity contribution in [3.8, 4) is 0 Å². The van der Waals surface area contributed by atoms with Crippen molar-refractivity contribution in [2.75, 3.05) is 18.0 Å². The molecular formula is C16H24N2O. The van der Waals surface area contributed by atoms with Gasteiger partial charge in [-0.25, -0.2) is 0 Å². The second kappa shape index (κ2) is 4.64. The van der Waals surface area contributed by atoms with Gasteiger partial charge < -0.3 is 10.2 Å². The van der Waals surface area contributed by atoms with E-state index in [-0.39, 0.29) is 16.9 Å². The molecule has 1 aliphatic rings. The van der Waals surface area contributed by atoms with Crippen LogP contribution < -0.4 is 10.2 Å². The number of carbonyl (C=O) groups excluding carboxylic acids is 1. The Balaban J connectivity index is 2.37. The summed E-state index contributed by atoms with van der Waals surface area (Å²) in [6, 6.07) is 7.95. The molecule has 0 amide bonds. The zero-order valence-electron chi connectivity index (χ0n) is 12.6.